The average molecular weight is 403 g/mol. The van der Waals surface area contributed by atoms with Crippen molar-refractivity contribution in [3.8, 4) is 0 Å². The fourth-order valence-corrected chi connectivity index (χ4v) is 9.29. The van der Waals surface area contributed by atoms with Gasteiger partial charge in [0.1, 0.15) is 28.5 Å². The van der Waals surface area contributed by atoms with Gasteiger partial charge in [-0.25, -0.2) is 0 Å². The summed E-state index contributed by atoms with van der Waals surface area (Å²) in [6, 6.07) is 46.7. The minimum absolute atomic E-state index is 1.30. The summed E-state index contributed by atoms with van der Waals surface area (Å²) in [4.78, 5) is 0. The monoisotopic (exact) mass is 403 g/mol. The van der Waals surface area contributed by atoms with Crippen LogP contribution in [0.4, 0.5) is 0 Å². The Bertz CT molecular complexity index is 1180. The molecule has 1 heteroatoms. The molecule has 0 N–H and O–H groups in total. The fraction of sp³-hybridized carbons (Fsp3) is 0.0345. The van der Waals surface area contributed by atoms with Gasteiger partial charge < -0.3 is 0 Å². The zero-order valence-electron chi connectivity index (χ0n) is 17.1. The second-order valence-corrected chi connectivity index (χ2v) is 11.0. The lowest BCUT2D eigenvalue weighted by Gasteiger charge is -2.29. The maximum absolute atomic E-state index is 2.31. The van der Waals surface area contributed by atoms with Crippen molar-refractivity contribution in [2.75, 3.05) is 0 Å². The van der Waals surface area contributed by atoms with Gasteiger partial charge in [-0.2, -0.15) is 0 Å². The summed E-state index contributed by atoms with van der Waals surface area (Å²) < 4.78 is 0. The number of fused-ring (bicyclic) bond motifs is 1. The molecule has 0 aliphatic rings. The topological polar surface area (TPSA) is 0 Å². The Morgan fingerprint density at radius 2 is 0.867 bits per heavy atom. The molecule has 0 unspecified atom stereocenters. The van der Waals surface area contributed by atoms with Crippen LogP contribution in [-0.2, 0) is 0 Å². The van der Waals surface area contributed by atoms with Crippen LogP contribution in [-0.4, -0.2) is 0 Å². The Labute approximate surface area is 179 Å². The smallest absolute Gasteiger partial charge is 0.0620 e. The molecular weight excluding hydrogens is 379 g/mol. The quantitative estimate of drug-likeness (QED) is 0.334. The molecule has 5 rings (SSSR count). The fourth-order valence-electron chi connectivity index (χ4n) is 4.60. The van der Waals surface area contributed by atoms with Gasteiger partial charge in [0.15, 0.2) is 0 Å². The zero-order chi connectivity index (χ0) is 20.4. The second-order valence-electron chi connectivity index (χ2n) is 7.63. The van der Waals surface area contributed by atoms with Crippen molar-refractivity contribution in [1.82, 2.24) is 0 Å². The summed E-state index contributed by atoms with van der Waals surface area (Å²) >= 11 is 0. The molecule has 0 aromatic heterocycles. The molecule has 0 aliphatic heterocycles. The van der Waals surface area contributed by atoms with Crippen LogP contribution in [0.5, 0.6) is 0 Å². The molecule has 0 saturated carbocycles. The lowest BCUT2D eigenvalue weighted by Crippen LogP contribution is -2.40. The molecule has 0 amide bonds. The first-order valence-electron chi connectivity index (χ1n) is 10.4. The highest BCUT2D eigenvalue weighted by Crippen LogP contribution is 2.56. The molecule has 5 aromatic rings. The van der Waals surface area contributed by atoms with Gasteiger partial charge in [0.25, 0.3) is 0 Å². The highest BCUT2D eigenvalue weighted by molar-refractivity contribution is 8.02. The van der Waals surface area contributed by atoms with Gasteiger partial charge in [0.2, 0.25) is 0 Å². The van der Waals surface area contributed by atoms with Gasteiger partial charge in [0.05, 0.1) is 0 Å². The van der Waals surface area contributed by atoms with E-state index in [4.69, 9.17) is 0 Å². The van der Waals surface area contributed by atoms with E-state index in [0.717, 1.165) is 0 Å². The number of hydrogen-bond acceptors (Lipinski definition) is 0. The number of benzene rings is 5. The van der Waals surface area contributed by atoms with Crippen molar-refractivity contribution in [2.24, 2.45) is 0 Å². The van der Waals surface area contributed by atoms with Crippen LogP contribution < -0.4 is 21.2 Å². The summed E-state index contributed by atoms with van der Waals surface area (Å²) in [6.07, 6.45) is 0. The first-order chi connectivity index (χ1) is 14.8. The third kappa shape index (κ3) is 2.96. The molecule has 0 aliphatic carbocycles. The second kappa shape index (κ2) is 7.90. The highest BCUT2D eigenvalue weighted by atomic mass is 31.2. The molecule has 0 heterocycles. The van der Waals surface area contributed by atoms with Crippen molar-refractivity contribution >= 4 is 39.3 Å². The van der Waals surface area contributed by atoms with Gasteiger partial charge in [-0.15, -0.1) is 0 Å². The van der Waals surface area contributed by atoms with Crippen LogP contribution in [0.1, 0.15) is 5.56 Å². The van der Waals surface area contributed by atoms with E-state index in [9.17, 15) is 0 Å². The summed E-state index contributed by atoms with van der Waals surface area (Å²) in [7, 11) is -2.09. The molecule has 30 heavy (non-hydrogen) atoms. The van der Waals surface area contributed by atoms with E-state index in [0.29, 0.717) is 0 Å². The van der Waals surface area contributed by atoms with E-state index in [-0.39, 0.29) is 0 Å². The van der Waals surface area contributed by atoms with Crippen molar-refractivity contribution in [1.29, 1.82) is 0 Å². The molecule has 0 atom stereocenters. The lowest BCUT2D eigenvalue weighted by molar-refractivity contribution is 1.54. The highest BCUT2D eigenvalue weighted by Gasteiger charge is 2.49. The molecule has 0 radical (unpaired) electrons. The molecule has 5 aromatic carbocycles. The van der Waals surface area contributed by atoms with E-state index in [2.05, 4.69) is 134 Å². The van der Waals surface area contributed by atoms with Crippen LogP contribution in [0.25, 0.3) is 10.8 Å². The molecule has 0 fully saturated rings. The van der Waals surface area contributed by atoms with E-state index < -0.39 is 7.26 Å². The predicted molar refractivity (Wildman–Crippen MR) is 133 cm³/mol. The van der Waals surface area contributed by atoms with Gasteiger partial charge in [-0.1, -0.05) is 91.0 Å². The van der Waals surface area contributed by atoms with Crippen LogP contribution in [0.3, 0.4) is 0 Å². The van der Waals surface area contributed by atoms with Crippen molar-refractivity contribution in [3.63, 3.8) is 0 Å². The third-order valence-electron chi connectivity index (χ3n) is 5.87. The van der Waals surface area contributed by atoms with Crippen LogP contribution >= 0.6 is 7.26 Å². The Hall–Kier alpha value is -3.21. The molecule has 0 bridgehead atoms. The van der Waals surface area contributed by atoms with E-state index in [1.165, 1.54) is 37.6 Å². The lowest BCUT2D eigenvalue weighted by atomic mass is 10.1. The Balaban J connectivity index is 2.03. The van der Waals surface area contributed by atoms with Gasteiger partial charge in [0, 0.05) is 5.39 Å². The normalized spacial score (nSPS) is 11.5. The van der Waals surface area contributed by atoms with Gasteiger partial charge >= 0.3 is 0 Å². The van der Waals surface area contributed by atoms with E-state index in [1.54, 1.807) is 0 Å². The van der Waals surface area contributed by atoms with Crippen LogP contribution in [0, 0.1) is 6.92 Å². The number of hydrogen-bond donors (Lipinski definition) is 0. The van der Waals surface area contributed by atoms with E-state index in [1.807, 2.05) is 0 Å². The first kappa shape index (κ1) is 18.8. The zero-order valence-corrected chi connectivity index (χ0v) is 18.0. The summed E-state index contributed by atoms with van der Waals surface area (Å²) in [5, 5.41) is 8.28. The molecule has 0 nitrogen and oxygen atoms in total. The minimum Gasteiger partial charge on any atom is -0.0620 e. The van der Waals surface area contributed by atoms with Gasteiger partial charge in [-0.05, 0) is 54.3 Å². The molecule has 144 valence electrons. The van der Waals surface area contributed by atoms with Gasteiger partial charge in [-0.3, -0.25) is 0 Å². The third-order valence-corrected chi connectivity index (χ3v) is 10.4. The number of rotatable bonds is 4. The maximum Gasteiger partial charge on any atom is 0.145 e. The number of aryl methyl sites for hydroxylation is 1. The van der Waals surface area contributed by atoms with Crippen molar-refractivity contribution in [2.45, 2.75) is 6.92 Å². The minimum atomic E-state index is -2.09. The molecule has 0 spiro atoms. The SMILES string of the molecule is Cc1ccc2ccccc2c1[P+](c1ccccc1)(c1ccccc1)c1ccccc1. The summed E-state index contributed by atoms with van der Waals surface area (Å²) in [5.41, 5.74) is 1.35. The van der Waals surface area contributed by atoms with Crippen LogP contribution in [0.2, 0.25) is 0 Å². The Kier molecular flexibility index (Phi) is 4.95. The Morgan fingerprint density at radius 1 is 0.433 bits per heavy atom. The Morgan fingerprint density at radius 3 is 1.37 bits per heavy atom. The molecule has 0 saturated heterocycles. The predicted octanol–water partition coefficient (Wildman–Crippen LogP) is 5.77. The maximum atomic E-state index is 2.31. The largest absolute Gasteiger partial charge is 0.145 e. The van der Waals surface area contributed by atoms with Crippen LogP contribution in [0.15, 0.2) is 127 Å². The standard InChI is InChI=1S/C29H24P/c1-23-21-22-24-13-11-12-20-28(24)29(23)30(25-14-5-2-6-15-25,26-16-7-3-8-17-26)27-18-9-4-10-19-27/h2-22H,1H3/q+1. The first-order valence-corrected chi connectivity index (χ1v) is 12.2. The summed E-state index contributed by atoms with van der Waals surface area (Å²) in [6.45, 7) is 2.27. The van der Waals surface area contributed by atoms with E-state index >= 15 is 0 Å². The van der Waals surface area contributed by atoms with Crippen molar-refractivity contribution < 1.29 is 0 Å². The average Bonchev–Trinajstić information content (AvgIpc) is 2.83. The molecular formula is C29H24P+. The van der Waals surface area contributed by atoms with Crippen molar-refractivity contribution in [3.05, 3.63) is 133 Å². The summed E-state index contributed by atoms with van der Waals surface area (Å²) in [5.74, 6) is 0.